The lowest BCUT2D eigenvalue weighted by Gasteiger charge is -2.49. The van der Waals surface area contributed by atoms with Gasteiger partial charge in [0, 0.05) is 46.7 Å². The summed E-state index contributed by atoms with van der Waals surface area (Å²) in [6.07, 6.45) is 7.63. The largest absolute Gasteiger partial charge is 0.316 e. The van der Waals surface area contributed by atoms with Gasteiger partial charge in [0.2, 0.25) is 0 Å². The number of halogens is 2. The van der Waals surface area contributed by atoms with Gasteiger partial charge in [-0.1, -0.05) is 59.6 Å². The molecule has 0 radical (unpaired) electrons. The molecule has 2 aromatic carbocycles. The van der Waals surface area contributed by atoms with Crippen LogP contribution in [-0.2, 0) is 0 Å². The van der Waals surface area contributed by atoms with Crippen LogP contribution in [0.3, 0.4) is 0 Å². The van der Waals surface area contributed by atoms with Crippen molar-refractivity contribution < 1.29 is 0 Å². The average Bonchev–Trinajstić information content (AvgIpc) is 3.41. The van der Waals surface area contributed by atoms with E-state index in [1.54, 1.807) is 0 Å². The van der Waals surface area contributed by atoms with Gasteiger partial charge in [0.1, 0.15) is 0 Å². The summed E-state index contributed by atoms with van der Waals surface area (Å²) in [5.74, 6) is 1.40. The van der Waals surface area contributed by atoms with E-state index in [2.05, 4.69) is 63.6 Å². The molecule has 0 spiro atoms. The zero-order chi connectivity index (χ0) is 22.4. The molecule has 5 fully saturated rings. The van der Waals surface area contributed by atoms with Crippen LogP contribution in [0.25, 0.3) is 0 Å². The first-order chi connectivity index (χ1) is 16.2. The zero-order valence-corrected chi connectivity index (χ0v) is 20.8. The first-order valence-electron chi connectivity index (χ1n) is 12.9. The van der Waals surface area contributed by atoms with Gasteiger partial charge in [-0.2, -0.15) is 0 Å². The molecule has 4 heterocycles. The number of rotatable bonds is 4. The Hall–Kier alpha value is -1.10. The fourth-order valence-corrected chi connectivity index (χ4v) is 8.09. The van der Waals surface area contributed by atoms with Crippen molar-refractivity contribution in [2.45, 2.75) is 62.7 Å². The van der Waals surface area contributed by atoms with Crippen LogP contribution in [0, 0.1) is 11.8 Å². The van der Waals surface area contributed by atoms with E-state index >= 15 is 0 Å². The summed E-state index contributed by atoms with van der Waals surface area (Å²) in [4.78, 5) is 5.69. The van der Waals surface area contributed by atoms with Crippen molar-refractivity contribution in [1.82, 2.24) is 15.1 Å². The highest BCUT2D eigenvalue weighted by molar-refractivity contribution is 6.31. The maximum absolute atomic E-state index is 6.69. The Labute approximate surface area is 208 Å². The molecule has 7 rings (SSSR count). The molecule has 2 bridgehead atoms. The number of nitrogens with zero attached hydrogens (tertiary/aromatic N) is 2. The highest BCUT2D eigenvalue weighted by Gasteiger charge is 2.49. The molecule has 1 aliphatic carbocycles. The summed E-state index contributed by atoms with van der Waals surface area (Å²) < 4.78 is 0. The first-order valence-corrected chi connectivity index (χ1v) is 13.7. The third kappa shape index (κ3) is 4.15. The van der Waals surface area contributed by atoms with Crippen LogP contribution in [0.15, 0.2) is 48.5 Å². The molecule has 0 aromatic heterocycles. The van der Waals surface area contributed by atoms with E-state index in [1.165, 1.54) is 69.3 Å². The van der Waals surface area contributed by atoms with Gasteiger partial charge in [0.05, 0.1) is 0 Å². The fraction of sp³-hybridized carbons (Fsp3) is 0.571. The van der Waals surface area contributed by atoms with E-state index in [4.69, 9.17) is 23.2 Å². The minimum Gasteiger partial charge on any atom is -0.316 e. The van der Waals surface area contributed by atoms with Crippen LogP contribution in [-0.4, -0.2) is 48.1 Å². The molecular weight excluding hydrogens is 449 g/mol. The second kappa shape index (κ2) is 9.51. The molecular formula is C28H35Cl2N3. The van der Waals surface area contributed by atoms with Gasteiger partial charge >= 0.3 is 0 Å². The van der Waals surface area contributed by atoms with Gasteiger partial charge in [0.15, 0.2) is 0 Å². The van der Waals surface area contributed by atoms with Crippen molar-refractivity contribution in [3.63, 3.8) is 0 Å². The van der Waals surface area contributed by atoms with Crippen molar-refractivity contribution in [2.24, 2.45) is 11.8 Å². The van der Waals surface area contributed by atoms with Crippen LogP contribution >= 0.6 is 23.2 Å². The quantitative estimate of drug-likeness (QED) is 0.547. The number of fused-ring (bicyclic) bond motifs is 4. The lowest BCUT2D eigenvalue weighted by Crippen LogP contribution is -2.55. The number of likely N-dealkylation sites (tertiary alicyclic amines) is 2. The summed E-state index contributed by atoms with van der Waals surface area (Å²) in [7, 11) is 0. The minimum atomic E-state index is 0.460. The van der Waals surface area contributed by atoms with Gasteiger partial charge in [-0.15, -0.1) is 0 Å². The maximum Gasteiger partial charge on any atom is 0.0453 e. The van der Waals surface area contributed by atoms with Crippen molar-refractivity contribution in [1.29, 1.82) is 0 Å². The maximum atomic E-state index is 6.69. The van der Waals surface area contributed by atoms with Crippen LogP contribution in [0.4, 0.5) is 0 Å². The van der Waals surface area contributed by atoms with Gasteiger partial charge in [0.25, 0.3) is 0 Å². The third-order valence-electron chi connectivity index (χ3n) is 8.92. The first kappa shape index (κ1) is 22.4. The van der Waals surface area contributed by atoms with E-state index in [0.717, 1.165) is 22.5 Å². The van der Waals surface area contributed by atoms with Crippen LogP contribution in [0.1, 0.15) is 61.7 Å². The van der Waals surface area contributed by atoms with Crippen molar-refractivity contribution in [2.75, 3.05) is 26.2 Å². The third-order valence-corrected chi connectivity index (χ3v) is 9.61. The van der Waals surface area contributed by atoms with E-state index in [9.17, 15) is 0 Å². The van der Waals surface area contributed by atoms with Gasteiger partial charge < -0.3 is 5.32 Å². The Morgan fingerprint density at radius 1 is 0.697 bits per heavy atom. The fourth-order valence-electron chi connectivity index (χ4n) is 7.57. The number of nitrogens with one attached hydrogen (secondary N) is 1. The average molecular weight is 485 g/mol. The number of hydrogen-bond acceptors (Lipinski definition) is 3. The molecule has 1 N–H and O–H groups in total. The van der Waals surface area contributed by atoms with E-state index < -0.39 is 0 Å². The number of benzene rings is 2. The standard InChI is InChI=1S/C28H35Cl2N3/c29-23-9-3-1-7-20(23)25-11-5-13-32(25)27-15-19-16-28(22(27)18-31-17-19)33-14-6-12-26(33)21-8-2-4-10-24(21)30/h1-4,7-10,19,22,25-28,31H,5-6,11-18H2. The van der Waals surface area contributed by atoms with Gasteiger partial charge in [-0.05, 0) is 87.3 Å². The predicted octanol–water partition coefficient (Wildman–Crippen LogP) is 6.33. The highest BCUT2D eigenvalue weighted by atomic mass is 35.5. The summed E-state index contributed by atoms with van der Waals surface area (Å²) >= 11 is 13.4. The molecule has 4 saturated heterocycles. The highest BCUT2D eigenvalue weighted by Crippen LogP contribution is 2.47. The molecule has 176 valence electrons. The molecule has 1 saturated carbocycles. The van der Waals surface area contributed by atoms with Crippen LogP contribution in [0.2, 0.25) is 10.0 Å². The van der Waals surface area contributed by atoms with Crippen LogP contribution < -0.4 is 5.32 Å². The van der Waals surface area contributed by atoms with E-state index in [-0.39, 0.29) is 0 Å². The molecule has 0 amide bonds. The number of hydrogen-bond donors (Lipinski definition) is 1. The summed E-state index contributed by atoms with van der Waals surface area (Å²) in [5.41, 5.74) is 2.66. The molecule has 4 atom stereocenters. The molecule has 5 heteroatoms. The monoisotopic (exact) mass is 483 g/mol. The molecule has 2 aromatic rings. The lowest BCUT2D eigenvalue weighted by molar-refractivity contribution is 0.00806. The molecule has 4 unspecified atom stereocenters. The summed E-state index contributed by atoms with van der Waals surface area (Å²) in [6, 6.07) is 19.2. The predicted molar refractivity (Wildman–Crippen MR) is 137 cm³/mol. The van der Waals surface area contributed by atoms with Crippen molar-refractivity contribution in [3.05, 3.63) is 69.7 Å². The second-order valence-corrected chi connectivity index (χ2v) is 11.4. The van der Waals surface area contributed by atoms with Crippen LogP contribution in [0.5, 0.6) is 0 Å². The SMILES string of the molecule is Clc1ccccc1C1CCCN1C1CC2CNCC1C(N1CCCC1c1ccccc1Cl)C2. The van der Waals surface area contributed by atoms with Gasteiger partial charge in [-0.25, -0.2) is 0 Å². The molecule has 3 nitrogen and oxygen atoms in total. The van der Waals surface area contributed by atoms with E-state index in [0.29, 0.717) is 30.1 Å². The van der Waals surface area contributed by atoms with Crippen molar-refractivity contribution >= 4 is 23.2 Å². The van der Waals surface area contributed by atoms with Crippen molar-refractivity contribution in [3.8, 4) is 0 Å². The molecule has 4 aliphatic heterocycles. The molecule has 5 aliphatic rings. The second-order valence-electron chi connectivity index (χ2n) is 10.6. The Morgan fingerprint density at radius 3 is 1.73 bits per heavy atom. The Balaban J connectivity index is 1.31. The Morgan fingerprint density at radius 2 is 1.21 bits per heavy atom. The topological polar surface area (TPSA) is 18.5 Å². The van der Waals surface area contributed by atoms with E-state index in [1.807, 2.05) is 0 Å². The Bertz CT molecular complexity index is 908. The van der Waals surface area contributed by atoms with Gasteiger partial charge in [-0.3, -0.25) is 9.80 Å². The zero-order valence-electron chi connectivity index (χ0n) is 19.3. The normalized spacial score (nSPS) is 35.2. The smallest absolute Gasteiger partial charge is 0.0453 e. The summed E-state index contributed by atoms with van der Waals surface area (Å²) in [6.45, 7) is 4.69. The molecule has 33 heavy (non-hydrogen) atoms. The Kier molecular flexibility index (Phi) is 6.45. The minimum absolute atomic E-state index is 0.460. The summed E-state index contributed by atoms with van der Waals surface area (Å²) in [5, 5.41) is 5.71. The lowest BCUT2D eigenvalue weighted by atomic mass is 9.74.